The van der Waals surface area contributed by atoms with Crippen LogP contribution in [0.4, 0.5) is 4.79 Å². The van der Waals surface area contributed by atoms with Crippen molar-refractivity contribution in [3.8, 4) is 11.1 Å². The van der Waals surface area contributed by atoms with E-state index >= 15 is 0 Å². The number of aliphatic hydroxyl groups is 1. The van der Waals surface area contributed by atoms with E-state index in [0.29, 0.717) is 0 Å². The Morgan fingerprint density at radius 1 is 1.03 bits per heavy atom. The molecule has 1 heterocycles. The third-order valence-electron chi connectivity index (χ3n) is 6.85. The molecule has 1 fully saturated rings. The van der Waals surface area contributed by atoms with E-state index in [1.807, 2.05) is 50.2 Å². The normalized spacial score (nSPS) is 17.6. The number of piperidine rings is 1. The molecule has 2 amide bonds. The SMILES string of the molecule is CC(C)[C@@H](NC(=O)OCC1c2ccccc2-c2ccccc21)C(=O)N1CCC(O)(C(=O)O)CC1. The number of alkyl carbamates (subject to hydrolysis) is 1. The number of rotatable bonds is 6. The molecule has 0 bridgehead atoms. The summed E-state index contributed by atoms with van der Waals surface area (Å²) in [4.78, 5) is 38.5. The summed E-state index contributed by atoms with van der Waals surface area (Å²) < 4.78 is 5.58. The summed E-state index contributed by atoms with van der Waals surface area (Å²) >= 11 is 0. The fraction of sp³-hybridized carbons (Fsp3) is 0.423. The molecule has 0 unspecified atom stereocenters. The van der Waals surface area contributed by atoms with Gasteiger partial charge in [0.25, 0.3) is 0 Å². The Labute approximate surface area is 198 Å². The number of ether oxygens (including phenoxy) is 1. The average molecular weight is 467 g/mol. The largest absolute Gasteiger partial charge is 0.479 e. The van der Waals surface area contributed by atoms with E-state index in [-0.39, 0.29) is 50.3 Å². The fourth-order valence-corrected chi connectivity index (χ4v) is 4.79. The molecule has 0 spiro atoms. The average Bonchev–Trinajstić information content (AvgIpc) is 3.15. The van der Waals surface area contributed by atoms with Crippen molar-refractivity contribution in [2.75, 3.05) is 19.7 Å². The van der Waals surface area contributed by atoms with Gasteiger partial charge in [0.2, 0.25) is 5.91 Å². The van der Waals surface area contributed by atoms with Gasteiger partial charge in [-0.2, -0.15) is 0 Å². The van der Waals surface area contributed by atoms with E-state index in [9.17, 15) is 24.6 Å². The van der Waals surface area contributed by atoms with Crippen molar-refractivity contribution in [3.05, 3.63) is 59.7 Å². The monoisotopic (exact) mass is 466 g/mol. The number of nitrogens with zero attached hydrogens (tertiary/aromatic N) is 1. The Kier molecular flexibility index (Phi) is 6.61. The summed E-state index contributed by atoms with van der Waals surface area (Å²) in [5, 5.41) is 22.0. The first-order chi connectivity index (χ1) is 16.2. The van der Waals surface area contributed by atoms with Crippen LogP contribution in [0.5, 0.6) is 0 Å². The summed E-state index contributed by atoms with van der Waals surface area (Å²) in [7, 11) is 0. The number of carboxylic acids is 1. The van der Waals surface area contributed by atoms with Crippen molar-refractivity contribution in [2.24, 2.45) is 5.92 Å². The van der Waals surface area contributed by atoms with Crippen LogP contribution in [0.3, 0.4) is 0 Å². The molecule has 2 aliphatic rings. The Bertz CT molecular complexity index is 1040. The van der Waals surface area contributed by atoms with Gasteiger partial charge in [-0.25, -0.2) is 9.59 Å². The maximum Gasteiger partial charge on any atom is 0.407 e. The van der Waals surface area contributed by atoms with Crippen LogP contribution in [-0.4, -0.2) is 64.4 Å². The van der Waals surface area contributed by atoms with E-state index < -0.39 is 23.7 Å². The highest BCUT2D eigenvalue weighted by Crippen LogP contribution is 2.44. The lowest BCUT2D eigenvalue weighted by Gasteiger charge is -2.37. The molecule has 3 N–H and O–H groups in total. The number of benzene rings is 2. The van der Waals surface area contributed by atoms with Gasteiger partial charge in [-0.1, -0.05) is 62.4 Å². The Morgan fingerprint density at radius 2 is 1.56 bits per heavy atom. The Balaban J connectivity index is 1.39. The molecule has 2 aromatic rings. The highest BCUT2D eigenvalue weighted by molar-refractivity contribution is 5.86. The number of likely N-dealkylation sites (tertiary alicyclic amines) is 1. The van der Waals surface area contributed by atoms with Gasteiger partial charge >= 0.3 is 12.1 Å². The number of aliphatic carboxylic acids is 1. The van der Waals surface area contributed by atoms with Crippen LogP contribution < -0.4 is 5.32 Å². The molecule has 0 radical (unpaired) electrons. The van der Waals surface area contributed by atoms with E-state index in [4.69, 9.17) is 4.74 Å². The summed E-state index contributed by atoms with van der Waals surface area (Å²) in [6.07, 6.45) is -0.777. The minimum absolute atomic E-state index is 0.0518. The van der Waals surface area contributed by atoms with Crippen LogP contribution in [0.1, 0.15) is 43.7 Å². The fourth-order valence-electron chi connectivity index (χ4n) is 4.79. The predicted molar refractivity (Wildman–Crippen MR) is 125 cm³/mol. The number of carbonyl (C=O) groups excluding carboxylic acids is 2. The highest BCUT2D eigenvalue weighted by atomic mass is 16.5. The van der Waals surface area contributed by atoms with Crippen molar-refractivity contribution in [1.29, 1.82) is 0 Å². The van der Waals surface area contributed by atoms with Crippen molar-refractivity contribution in [1.82, 2.24) is 10.2 Å². The molecule has 0 saturated carbocycles. The van der Waals surface area contributed by atoms with Gasteiger partial charge in [-0.15, -0.1) is 0 Å². The number of amides is 2. The minimum Gasteiger partial charge on any atom is -0.479 e. The lowest BCUT2D eigenvalue weighted by Crippen LogP contribution is -2.56. The highest BCUT2D eigenvalue weighted by Gasteiger charge is 2.42. The molecule has 1 saturated heterocycles. The standard InChI is InChI=1S/C26H30N2O6/c1-16(2)22(23(29)28-13-11-26(33,12-14-28)24(30)31)27-25(32)34-15-21-19-9-5-3-7-17(19)18-8-4-6-10-20(18)21/h3-10,16,21-22,33H,11-15H2,1-2H3,(H,27,32)(H,30,31)/t22-/m1/s1. The van der Waals surface area contributed by atoms with E-state index in [0.717, 1.165) is 22.3 Å². The van der Waals surface area contributed by atoms with Gasteiger partial charge < -0.3 is 25.2 Å². The first-order valence-corrected chi connectivity index (χ1v) is 11.6. The Morgan fingerprint density at radius 3 is 2.06 bits per heavy atom. The number of nitrogens with one attached hydrogen (secondary N) is 1. The second kappa shape index (κ2) is 9.46. The molecule has 1 atom stereocenters. The molecular weight excluding hydrogens is 436 g/mol. The van der Waals surface area contributed by atoms with Crippen LogP contribution >= 0.6 is 0 Å². The van der Waals surface area contributed by atoms with Crippen LogP contribution in [0, 0.1) is 5.92 Å². The van der Waals surface area contributed by atoms with Crippen molar-refractivity contribution >= 4 is 18.0 Å². The maximum absolute atomic E-state index is 13.1. The first-order valence-electron chi connectivity index (χ1n) is 11.6. The number of fused-ring (bicyclic) bond motifs is 3. The van der Waals surface area contributed by atoms with Gasteiger partial charge in [-0.3, -0.25) is 4.79 Å². The molecule has 1 aliphatic heterocycles. The molecule has 8 heteroatoms. The van der Waals surface area contributed by atoms with Crippen LogP contribution in [0.2, 0.25) is 0 Å². The van der Waals surface area contributed by atoms with Gasteiger partial charge in [-0.05, 0) is 28.2 Å². The van der Waals surface area contributed by atoms with Gasteiger partial charge in [0.05, 0.1) is 0 Å². The smallest absolute Gasteiger partial charge is 0.407 e. The van der Waals surface area contributed by atoms with Crippen LogP contribution in [0.25, 0.3) is 11.1 Å². The summed E-state index contributed by atoms with van der Waals surface area (Å²) in [6.45, 7) is 4.01. The molecule has 1 aliphatic carbocycles. The first kappa shape index (κ1) is 23.8. The molecular formula is C26H30N2O6. The number of hydrogen-bond acceptors (Lipinski definition) is 5. The second-order valence-electron chi connectivity index (χ2n) is 9.35. The topological polar surface area (TPSA) is 116 Å². The van der Waals surface area contributed by atoms with Crippen molar-refractivity contribution in [2.45, 2.75) is 44.2 Å². The zero-order chi connectivity index (χ0) is 24.5. The molecule has 34 heavy (non-hydrogen) atoms. The summed E-state index contributed by atoms with van der Waals surface area (Å²) in [5.41, 5.74) is 2.66. The third-order valence-corrected chi connectivity index (χ3v) is 6.85. The predicted octanol–water partition coefficient (Wildman–Crippen LogP) is 2.99. The van der Waals surface area contributed by atoms with E-state index in [1.165, 1.54) is 4.90 Å². The second-order valence-corrected chi connectivity index (χ2v) is 9.35. The van der Waals surface area contributed by atoms with Crippen molar-refractivity contribution in [3.63, 3.8) is 0 Å². The van der Waals surface area contributed by atoms with Gasteiger partial charge in [0, 0.05) is 31.8 Å². The van der Waals surface area contributed by atoms with Gasteiger partial charge in [0.1, 0.15) is 12.6 Å². The van der Waals surface area contributed by atoms with Crippen LogP contribution in [0.15, 0.2) is 48.5 Å². The lowest BCUT2D eigenvalue weighted by atomic mass is 9.90. The summed E-state index contributed by atoms with van der Waals surface area (Å²) in [5.74, 6) is -1.87. The maximum atomic E-state index is 13.1. The van der Waals surface area contributed by atoms with Crippen LogP contribution in [-0.2, 0) is 14.3 Å². The zero-order valence-electron chi connectivity index (χ0n) is 19.4. The minimum atomic E-state index is -1.82. The lowest BCUT2D eigenvalue weighted by molar-refractivity contribution is -0.165. The van der Waals surface area contributed by atoms with E-state index in [1.54, 1.807) is 0 Å². The number of hydrogen-bond donors (Lipinski definition) is 3. The zero-order valence-corrected chi connectivity index (χ0v) is 19.4. The Hall–Kier alpha value is -3.39. The van der Waals surface area contributed by atoms with E-state index in [2.05, 4.69) is 17.4 Å². The number of carboxylic acid groups (broad SMARTS) is 1. The molecule has 2 aromatic carbocycles. The molecule has 8 nitrogen and oxygen atoms in total. The van der Waals surface area contributed by atoms with Gasteiger partial charge in [0.15, 0.2) is 5.60 Å². The summed E-state index contributed by atoms with van der Waals surface area (Å²) in [6, 6.07) is 15.3. The third kappa shape index (κ3) is 4.50. The quantitative estimate of drug-likeness (QED) is 0.603. The molecule has 180 valence electrons. The van der Waals surface area contributed by atoms with Crippen molar-refractivity contribution < 1.29 is 29.3 Å². The molecule has 4 rings (SSSR count). The number of carbonyl (C=O) groups is 3. The molecule has 0 aromatic heterocycles.